The fraction of sp³-hybridized carbons (Fsp3) is 1.00. The van der Waals surface area contributed by atoms with Crippen molar-refractivity contribution in [1.82, 2.24) is 5.32 Å². The van der Waals surface area contributed by atoms with Crippen LogP contribution in [0.4, 0.5) is 0 Å². The van der Waals surface area contributed by atoms with Gasteiger partial charge in [-0.15, -0.1) is 0 Å². The van der Waals surface area contributed by atoms with Crippen LogP contribution >= 0.6 is 0 Å². The van der Waals surface area contributed by atoms with E-state index in [2.05, 4.69) is 12.2 Å². The topological polar surface area (TPSA) is 12.0 Å². The van der Waals surface area contributed by atoms with Gasteiger partial charge in [-0.3, -0.25) is 0 Å². The van der Waals surface area contributed by atoms with E-state index < -0.39 is 0 Å². The molecule has 0 aromatic rings. The van der Waals surface area contributed by atoms with Gasteiger partial charge in [0.25, 0.3) is 0 Å². The van der Waals surface area contributed by atoms with Crippen molar-refractivity contribution in [2.75, 3.05) is 0 Å². The van der Waals surface area contributed by atoms with E-state index in [1.807, 2.05) is 0 Å². The normalized spacial score (nSPS) is 27.8. The third-order valence-corrected chi connectivity index (χ3v) is 4.46. The molecule has 2 saturated carbocycles. The quantitative estimate of drug-likeness (QED) is 0.696. The van der Waals surface area contributed by atoms with Gasteiger partial charge in [0.2, 0.25) is 0 Å². The van der Waals surface area contributed by atoms with Crippen LogP contribution in [0.25, 0.3) is 0 Å². The summed E-state index contributed by atoms with van der Waals surface area (Å²) in [7, 11) is 0. The van der Waals surface area contributed by atoms with Crippen molar-refractivity contribution in [3.05, 3.63) is 0 Å². The van der Waals surface area contributed by atoms with E-state index in [9.17, 15) is 0 Å². The minimum absolute atomic E-state index is 0.770. The van der Waals surface area contributed by atoms with Crippen LogP contribution in [0, 0.1) is 5.92 Å². The monoisotopic (exact) mass is 209 g/mol. The van der Waals surface area contributed by atoms with Crippen molar-refractivity contribution in [2.24, 2.45) is 5.92 Å². The lowest BCUT2D eigenvalue weighted by atomic mass is 9.92. The first-order valence-electron chi connectivity index (χ1n) is 7.12. The molecule has 2 rings (SSSR count). The van der Waals surface area contributed by atoms with Crippen molar-refractivity contribution >= 4 is 0 Å². The average Bonchev–Trinajstić information content (AvgIpc) is 2.58. The molecule has 2 aliphatic carbocycles. The summed E-state index contributed by atoms with van der Waals surface area (Å²) < 4.78 is 0. The predicted molar refractivity (Wildman–Crippen MR) is 66.0 cm³/mol. The summed E-state index contributed by atoms with van der Waals surface area (Å²) in [6.07, 6.45) is 14.6. The van der Waals surface area contributed by atoms with Crippen LogP contribution in [0.1, 0.15) is 71.1 Å². The van der Waals surface area contributed by atoms with Crippen LogP contribution in [-0.4, -0.2) is 12.1 Å². The zero-order valence-corrected chi connectivity index (χ0v) is 10.3. The van der Waals surface area contributed by atoms with Gasteiger partial charge in [0.15, 0.2) is 0 Å². The summed E-state index contributed by atoms with van der Waals surface area (Å²) in [5, 5.41) is 3.88. The van der Waals surface area contributed by atoms with Gasteiger partial charge in [0.05, 0.1) is 0 Å². The van der Waals surface area contributed by atoms with Crippen molar-refractivity contribution < 1.29 is 0 Å². The maximum Gasteiger partial charge on any atom is 0.00696 e. The summed E-state index contributed by atoms with van der Waals surface area (Å²) in [5.74, 6) is 0.966. The fourth-order valence-electron chi connectivity index (χ4n) is 3.41. The largest absolute Gasteiger partial charge is 0.311 e. The van der Waals surface area contributed by atoms with Gasteiger partial charge in [0, 0.05) is 12.1 Å². The van der Waals surface area contributed by atoms with E-state index in [1.54, 1.807) is 0 Å². The summed E-state index contributed by atoms with van der Waals surface area (Å²) in [4.78, 5) is 0. The lowest BCUT2D eigenvalue weighted by Crippen LogP contribution is -2.39. The Kier molecular flexibility index (Phi) is 4.49. The van der Waals surface area contributed by atoms with Gasteiger partial charge in [-0.2, -0.15) is 0 Å². The van der Waals surface area contributed by atoms with Crippen molar-refractivity contribution in [3.63, 3.8) is 0 Å². The summed E-state index contributed by atoms with van der Waals surface area (Å²) >= 11 is 0. The molecule has 1 N–H and O–H groups in total. The Labute approximate surface area is 95.0 Å². The van der Waals surface area contributed by atoms with Gasteiger partial charge >= 0.3 is 0 Å². The first kappa shape index (κ1) is 11.4. The van der Waals surface area contributed by atoms with Crippen LogP contribution < -0.4 is 5.32 Å². The highest BCUT2D eigenvalue weighted by Crippen LogP contribution is 2.27. The number of hydrogen-bond donors (Lipinski definition) is 1. The third kappa shape index (κ3) is 3.48. The molecule has 2 aliphatic rings. The molecule has 88 valence electrons. The molecule has 1 nitrogen and oxygen atoms in total. The second kappa shape index (κ2) is 5.89. The maximum atomic E-state index is 3.88. The molecule has 0 saturated heterocycles. The molecule has 0 bridgehead atoms. The Morgan fingerprint density at radius 1 is 0.800 bits per heavy atom. The Morgan fingerprint density at radius 2 is 1.33 bits per heavy atom. The minimum Gasteiger partial charge on any atom is -0.311 e. The molecule has 0 amide bonds. The molecule has 0 aromatic carbocycles. The van der Waals surface area contributed by atoms with Gasteiger partial charge < -0.3 is 5.32 Å². The van der Waals surface area contributed by atoms with E-state index in [4.69, 9.17) is 0 Å². The zero-order valence-electron chi connectivity index (χ0n) is 10.3. The molecule has 0 aromatic heterocycles. The standard InChI is InChI=1S/C14H27N/c1-12(15-14-10-6-7-11-14)13-8-4-2-3-5-9-13/h12-15H,2-11H2,1H3/t12-/m1/s1. The first-order chi connectivity index (χ1) is 7.36. The molecular formula is C14H27N. The number of nitrogens with one attached hydrogen (secondary N) is 1. The summed E-state index contributed by atoms with van der Waals surface area (Å²) in [6, 6.07) is 1.62. The molecule has 1 atom stereocenters. The van der Waals surface area contributed by atoms with Gasteiger partial charge in [-0.1, -0.05) is 38.5 Å². The summed E-state index contributed by atoms with van der Waals surface area (Å²) in [6.45, 7) is 2.42. The molecule has 1 heteroatoms. The van der Waals surface area contributed by atoms with Gasteiger partial charge in [0.1, 0.15) is 0 Å². The Morgan fingerprint density at radius 3 is 1.93 bits per heavy atom. The third-order valence-electron chi connectivity index (χ3n) is 4.46. The molecule has 0 radical (unpaired) electrons. The van der Waals surface area contributed by atoms with Gasteiger partial charge in [-0.05, 0) is 38.5 Å². The minimum atomic E-state index is 0.770. The zero-order chi connectivity index (χ0) is 10.5. The summed E-state index contributed by atoms with van der Waals surface area (Å²) in [5.41, 5.74) is 0. The smallest absolute Gasteiger partial charge is 0.00696 e. The number of hydrogen-bond acceptors (Lipinski definition) is 1. The first-order valence-corrected chi connectivity index (χ1v) is 7.12. The van der Waals surface area contributed by atoms with Crippen LogP contribution in [0.2, 0.25) is 0 Å². The molecule has 2 fully saturated rings. The Bertz CT molecular complexity index is 164. The molecule has 0 spiro atoms. The van der Waals surface area contributed by atoms with E-state index in [0.717, 1.165) is 18.0 Å². The van der Waals surface area contributed by atoms with E-state index >= 15 is 0 Å². The lowest BCUT2D eigenvalue weighted by molar-refractivity contribution is 0.309. The predicted octanol–water partition coefficient (Wildman–Crippen LogP) is 3.88. The number of rotatable bonds is 3. The SMILES string of the molecule is C[C@@H](NC1CCCC1)C1CCCCCC1. The van der Waals surface area contributed by atoms with Crippen molar-refractivity contribution in [2.45, 2.75) is 83.2 Å². The van der Waals surface area contributed by atoms with E-state index in [1.165, 1.54) is 64.2 Å². The highest BCUT2D eigenvalue weighted by atomic mass is 15.0. The molecular weight excluding hydrogens is 182 g/mol. The van der Waals surface area contributed by atoms with E-state index in [-0.39, 0.29) is 0 Å². The van der Waals surface area contributed by atoms with E-state index in [0.29, 0.717) is 0 Å². The highest BCUT2D eigenvalue weighted by molar-refractivity contribution is 4.81. The van der Waals surface area contributed by atoms with Crippen LogP contribution in [0.5, 0.6) is 0 Å². The Balaban J connectivity index is 1.74. The van der Waals surface area contributed by atoms with Crippen LogP contribution in [-0.2, 0) is 0 Å². The highest BCUT2D eigenvalue weighted by Gasteiger charge is 2.23. The fourth-order valence-corrected chi connectivity index (χ4v) is 3.41. The lowest BCUT2D eigenvalue weighted by Gasteiger charge is -2.26. The molecule has 0 heterocycles. The van der Waals surface area contributed by atoms with Crippen molar-refractivity contribution in [1.29, 1.82) is 0 Å². The second-order valence-corrected chi connectivity index (χ2v) is 5.69. The molecule has 0 aliphatic heterocycles. The Hall–Kier alpha value is -0.0400. The average molecular weight is 209 g/mol. The van der Waals surface area contributed by atoms with Gasteiger partial charge in [-0.25, -0.2) is 0 Å². The maximum absolute atomic E-state index is 3.88. The molecule has 15 heavy (non-hydrogen) atoms. The van der Waals surface area contributed by atoms with Crippen LogP contribution in [0.3, 0.4) is 0 Å². The molecule has 0 unspecified atom stereocenters. The second-order valence-electron chi connectivity index (χ2n) is 5.69. The van der Waals surface area contributed by atoms with Crippen molar-refractivity contribution in [3.8, 4) is 0 Å². The van der Waals surface area contributed by atoms with Crippen LogP contribution in [0.15, 0.2) is 0 Å².